The number of carbonyl (C=O) groups excluding carboxylic acids is 4. The van der Waals surface area contributed by atoms with Crippen LogP contribution < -0.4 is 9.47 Å². The Bertz CT molecular complexity index is 1550. The van der Waals surface area contributed by atoms with Gasteiger partial charge in [-0.15, -0.1) is 0 Å². The number of ketones is 2. The van der Waals surface area contributed by atoms with Gasteiger partial charge in [0.2, 0.25) is 5.91 Å². The average Bonchev–Trinajstić information content (AvgIpc) is 3.04. The molecule has 0 radical (unpaired) electrons. The number of hydrogen-bond donors (Lipinski definition) is 0. The molecule has 1 fully saturated rings. The first-order chi connectivity index (χ1) is 21.7. The maximum Gasteiger partial charge on any atom is 0.410 e. The molecule has 0 bridgehead atoms. The monoisotopic (exact) mass is 632 g/mol. The molecule has 1 aliphatic heterocycles. The van der Waals surface area contributed by atoms with Crippen LogP contribution in [-0.4, -0.2) is 79.9 Å². The van der Waals surface area contributed by atoms with Crippen molar-refractivity contribution in [3.8, 4) is 11.5 Å². The molecule has 0 spiro atoms. The Morgan fingerprint density at radius 3 is 1.83 bits per heavy atom. The Balaban J connectivity index is 1.83. The number of likely N-dealkylation sites (tertiary alicyclic amines) is 1. The average molecular weight is 633 g/mol. The first kappa shape index (κ1) is 34.1. The zero-order valence-electron chi connectivity index (χ0n) is 27.3. The Hall–Kier alpha value is -4.73. The molecule has 2 atom stereocenters. The largest absolute Gasteiger partial charge is 0.497 e. The predicted octanol–water partition coefficient (Wildman–Crippen LogP) is 5.94. The van der Waals surface area contributed by atoms with E-state index in [0.29, 0.717) is 33.8 Å². The smallest absolute Gasteiger partial charge is 0.410 e. The van der Waals surface area contributed by atoms with Gasteiger partial charge < -0.3 is 24.0 Å². The highest BCUT2D eigenvalue weighted by atomic mass is 19.1. The van der Waals surface area contributed by atoms with Crippen LogP contribution in [0.3, 0.4) is 0 Å². The van der Waals surface area contributed by atoms with E-state index in [1.807, 2.05) is 0 Å². The van der Waals surface area contributed by atoms with Crippen LogP contribution in [0.15, 0.2) is 66.7 Å². The Morgan fingerprint density at radius 1 is 0.848 bits per heavy atom. The van der Waals surface area contributed by atoms with Crippen molar-refractivity contribution in [2.75, 3.05) is 40.9 Å². The molecule has 3 aromatic rings. The molecule has 9 nitrogen and oxygen atoms in total. The van der Waals surface area contributed by atoms with Gasteiger partial charge in [0, 0.05) is 49.0 Å². The van der Waals surface area contributed by atoms with Crippen molar-refractivity contribution >= 4 is 23.6 Å². The van der Waals surface area contributed by atoms with Crippen LogP contribution in [0, 0.1) is 24.6 Å². The van der Waals surface area contributed by atoms with Gasteiger partial charge in [-0.3, -0.25) is 14.4 Å². The third kappa shape index (κ3) is 7.73. The molecule has 1 aliphatic rings. The topological polar surface area (TPSA) is 102 Å². The molecule has 46 heavy (non-hydrogen) atoms. The maximum absolute atomic E-state index is 15.1. The van der Waals surface area contributed by atoms with E-state index < -0.39 is 41.2 Å². The summed E-state index contributed by atoms with van der Waals surface area (Å²) in [5.74, 6) is -3.28. The molecule has 244 valence electrons. The number of ether oxygens (including phenoxy) is 3. The second-order valence-electron chi connectivity index (χ2n) is 12.5. The minimum Gasteiger partial charge on any atom is -0.497 e. The summed E-state index contributed by atoms with van der Waals surface area (Å²) in [5, 5.41) is 0. The Kier molecular flexibility index (Phi) is 10.5. The lowest BCUT2D eigenvalue weighted by Gasteiger charge is -2.44. The van der Waals surface area contributed by atoms with Crippen LogP contribution >= 0.6 is 0 Å². The van der Waals surface area contributed by atoms with Crippen molar-refractivity contribution in [1.82, 2.24) is 9.80 Å². The molecule has 3 aromatic carbocycles. The van der Waals surface area contributed by atoms with Gasteiger partial charge in [-0.05, 0) is 69.2 Å². The first-order valence-corrected chi connectivity index (χ1v) is 15.1. The lowest BCUT2D eigenvalue weighted by atomic mass is 9.67. The highest BCUT2D eigenvalue weighted by Crippen LogP contribution is 2.43. The molecule has 1 heterocycles. The molecule has 10 heteroatoms. The zero-order chi connectivity index (χ0) is 33.8. The number of carbonyl (C=O) groups is 4. The normalized spacial score (nSPS) is 16.8. The highest BCUT2D eigenvalue weighted by Gasteiger charge is 2.47. The van der Waals surface area contributed by atoms with E-state index in [0.717, 1.165) is 4.90 Å². The van der Waals surface area contributed by atoms with E-state index in [-0.39, 0.29) is 31.2 Å². The van der Waals surface area contributed by atoms with Gasteiger partial charge in [-0.1, -0.05) is 36.4 Å². The van der Waals surface area contributed by atoms with Gasteiger partial charge in [0.1, 0.15) is 29.5 Å². The third-order valence-corrected chi connectivity index (χ3v) is 8.18. The fourth-order valence-electron chi connectivity index (χ4n) is 5.86. The predicted molar refractivity (Wildman–Crippen MR) is 171 cm³/mol. The summed E-state index contributed by atoms with van der Waals surface area (Å²) in [6.07, 6.45) is -0.681. The van der Waals surface area contributed by atoms with Crippen molar-refractivity contribution in [2.24, 2.45) is 11.8 Å². The van der Waals surface area contributed by atoms with Gasteiger partial charge in [-0.2, -0.15) is 0 Å². The van der Waals surface area contributed by atoms with Gasteiger partial charge >= 0.3 is 6.09 Å². The van der Waals surface area contributed by atoms with E-state index in [1.165, 1.54) is 32.2 Å². The number of methoxy groups -OCH3 is 2. The number of likely N-dealkylation sites (N-methyl/N-ethyl adjacent to an activating group) is 1. The van der Waals surface area contributed by atoms with E-state index in [2.05, 4.69) is 0 Å². The van der Waals surface area contributed by atoms with Crippen LogP contribution in [0.25, 0.3) is 0 Å². The molecule has 0 aromatic heterocycles. The number of nitrogens with zero attached hydrogens (tertiary/aromatic N) is 2. The molecule has 1 saturated heterocycles. The minimum atomic E-state index is -0.934. The highest BCUT2D eigenvalue weighted by molar-refractivity contribution is 6.03. The van der Waals surface area contributed by atoms with Crippen molar-refractivity contribution in [2.45, 2.75) is 39.2 Å². The molecular weight excluding hydrogens is 591 g/mol. The second kappa shape index (κ2) is 14.1. The summed E-state index contributed by atoms with van der Waals surface area (Å²) in [4.78, 5) is 57.9. The first-order valence-electron chi connectivity index (χ1n) is 15.1. The molecule has 4 rings (SSSR count). The van der Waals surface area contributed by atoms with Crippen LogP contribution in [0.2, 0.25) is 0 Å². The SMILES string of the molecule is COc1cccc(C(=O)[C@H]2CN(C(=O)CN(C)C(=O)OC(C)(C)C)C[C@H](C(=O)c3cccc(OC)c3)C2c2cccc(F)c2C)c1. The van der Waals surface area contributed by atoms with Gasteiger partial charge in [0.15, 0.2) is 11.6 Å². The fourth-order valence-corrected chi connectivity index (χ4v) is 5.86. The molecule has 2 amide bonds. The van der Waals surface area contributed by atoms with Gasteiger partial charge in [-0.25, -0.2) is 9.18 Å². The molecule has 0 aliphatic carbocycles. The Labute approximate surface area is 269 Å². The number of hydrogen-bond acceptors (Lipinski definition) is 7. The van der Waals surface area contributed by atoms with Crippen molar-refractivity contribution in [3.05, 3.63) is 94.8 Å². The zero-order valence-corrected chi connectivity index (χ0v) is 27.3. The van der Waals surface area contributed by atoms with Crippen LogP contribution in [-0.2, 0) is 9.53 Å². The van der Waals surface area contributed by atoms with Crippen molar-refractivity contribution < 1.29 is 37.8 Å². The maximum atomic E-state index is 15.1. The number of halogens is 1. The van der Waals surface area contributed by atoms with E-state index >= 15 is 4.39 Å². The van der Waals surface area contributed by atoms with Crippen molar-refractivity contribution in [1.29, 1.82) is 0 Å². The van der Waals surface area contributed by atoms with E-state index in [9.17, 15) is 19.2 Å². The lowest BCUT2D eigenvalue weighted by Crippen LogP contribution is -2.54. The quantitative estimate of drug-likeness (QED) is 0.269. The molecular formula is C36H41FN2O7. The second-order valence-corrected chi connectivity index (χ2v) is 12.5. The van der Waals surface area contributed by atoms with Crippen LogP contribution in [0.5, 0.6) is 11.5 Å². The molecule has 0 unspecified atom stereocenters. The number of benzene rings is 3. The number of Topliss-reactive ketones (excluding diaryl/α,β-unsaturated/α-hetero) is 2. The van der Waals surface area contributed by atoms with E-state index in [1.54, 1.807) is 88.4 Å². The summed E-state index contributed by atoms with van der Waals surface area (Å²) >= 11 is 0. The van der Waals surface area contributed by atoms with Gasteiger partial charge in [0.25, 0.3) is 0 Å². The van der Waals surface area contributed by atoms with Crippen molar-refractivity contribution in [3.63, 3.8) is 0 Å². The van der Waals surface area contributed by atoms with Crippen LogP contribution in [0.4, 0.5) is 9.18 Å². The molecule has 0 N–H and O–H groups in total. The van der Waals surface area contributed by atoms with Gasteiger partial charge in [0.05, 0.1) is 14.2 Å². The standard InChI is InChI=1S/C36H41FN2O7/c1-22-27(15-10-16-30(22)37)32-28(33(41)23-11-8-13-25(17-23)44-6)19-39(31(40)21-38(5)35(43)46-36(2,3)4)20-29(32)34(42)24-12-9-14-26(18-24)45-7/h8-18,28-29,32H,19-21H2,1-7H3/t28-,29-/m0/s1. The number of piperidine rings is 1. The minimum absolute atomic E-state index is 0.0560. The third-order valence-electron chi connectivity index (χ3n) is 8.18. The molecule has 0 saturated carbocycles. The summed E-state index contributed by atoms with van der Waals surface area (Å²) in [7, 11) is 4.44. The lowest BCUT2D eigenvalue weighted by molar-refractivity contribution is -0.134. The summed E-state index contributed by atoms with van der Waals surface area (Å²) in [5.41, 5.74) is 0.731. The summed E-state index contributed by atoms with van der Waals surface area (Å²) in [6.45, 7) is 6.35. The van der Waals surface area contributed by atoms with E-state index in [4.69, 9.17) is 14.2 Å². The number of amides is 2. The summed E-state index contributed by atoms with van der Waals surface area (Å²) in [6, 6.07) is 17.9. The van der Waals surface area contributed by atoms with Crippen LogP contribution in [0.1, 0.15) is 58.5 Å². The fraction of sp³-hybridized carbons (Fsp3) is 0.389. The summed E-state index contributed by atoms with van der Waals surface area (Å²) < 4.78 is 31.2. The number of rotatable bonds is 9. The Morgan fingerprint density at radius 2 is 1.35 bits per heavy atom.